The van der Waals surface area contributed by atoms with Crippen LogP contribution >= 0.6 is 0 Å². The summed E-state index contributed by atoms with van der Waals surface area (Å²) in [5, 5.41) is 15.5. The maximum Gasteiger partial charge on any atom is 0.289 e. The molecule has 11 heteroatoms. The lowest BCUT2D eigenvalue weighted by Gasteiger charge is -2.23. The second kappa shape index (κ2) is 10.6. The molecule has 0 saturated carbocycles. The van der Waals surface area contributed by atoms with Gasteiger partial charge in [0.15, 0.2) is 4.90 Å². The van der Waals surface area contributed by atoms with Crippen LogP contribution < -0.4 is 14.5 Å². The molecule has 3 rings (SSSR count). The van der Waals surface area contributed by atoms with E-state index in [0.717, 1.165) is 22.0 Å². The first kappa shape index (κ1) is 24.4. The molecule has 0 spiro atoms. The molecule has 0 aliphatic carbocycles. The molecule has 0 heterocycles. The molecule has 1 N–H and O–H groups in total. The van der Waals surface area contributed by atoms with Gasteiger partial charge >= 0.3 is 0 Å². The van der Waals surface area contributed by atoms with E-state index in [1.807, 2.05) is 0 Å². The maximum absolute atomic E-state index is 13.4. The highest BCUT2D eigenvalue weighted by Crippen LogP contribution is 2.29. The molecule has 0 radical (unpaired) electrons. The van der Waals surface area contributed by atoms with Gasteiger partial charge < -0.3 is 4.74 Å². The molecule has 0 aliphatic heterocycles. The normalized spacial score (nSPS) is 11.5. The molecule has 0 saturated heterocycles. The van der Waals surface area contributed by atoms with Gasteiger partial charge in [-0.05, 0) is 55.0 Å². The third-order valence-electron chi connectivity index (χ3n) is 4.82. The van der Waals surface area contributed by atoms with Crippen LogP contribution in [0.3, 0.4) is 0 Å². The summed E-state index contributed by atoms with van der Waals surface area (Å²) >= 11 is 0. The van der Waals surface area contributed by atoms with Crippen molar-refractivity contribution in [3.63, 3.8) is 0 Å². The summed E-state index contributed by atoms with van der Waals surface area (Å²) < 4.78 is 32.7. The van der Waals surface area contributed by atoms with Gasteiger partial charge in [0.05, 0.1) is 23.4 Å². The zero-order valence-corrected chi connectivity index (χ0v) is 19.2. The van der Waals surface area contributed by atoms with Crippen LogP contribution in [0.1, 0.15) is 12.5 Å². The average Bonchev–Trinajstić information content (AvgIpc) is 2.86. The summed E-state index contributed by atoms with van der Waals surface area (Å²) in [5.74, 6) is -0.0572. The Kier molecular flexibility index (Phi) is 7.59. The number of benzene rings is 3. The minimum atomic E-state index is -4.45. The first-order valence-electron chi connectivity index (χ1n) is 10.0. The Morgan fingerprint density at radius 2 is 1.65 bits per heavy atom. The van der Waals surface area contributed by atoms with Crippen molar-refractivity contribution in [3.8, 4) is 5.75 Å². The van der Waals surface area contributed by atoms with Gasteiger partial charge in [-0.25, -0.2) is 13.8 Å². The maximum atomic E-state index is 13.4. The topological polar surface area (TPSA) is 131 Å². The van der Waals surface area contributed by atoms with E-state index in [0.29, 0.717) is 11.5 Å². The van der Waals surface area contributed by atoms with E-state index in [2.05, 4.69) is 10.5 Å². The minimum absolute atomic E-state index is 0.173. The Morgan fingerprint density at radius 1 is 1.03 bits per heavy atom. The standard InChI is InChI=1S/C23H22N4O6S/c1-17(18-12-14-20(33-2)15-13-18)24-25-23(28)16-26(19-8-4-3-5-9-19)34(31,32)22-11-7-6-10-21(22)27(29)30/h3-15H,16H2,1-2H3,(H,25,28). The van der Waals surface area contributed by atoms with Gasteiger partial charge in [0.1, 0.15) is 12.3 Å². The molecule has 0 aromatic heterocycles. The van der Waals surface area contributed by atoms with Crippen LogP contribution in [-0.4, -0.2) is 38.6 Å². The minimum Gasteiger partial charge on any atom is -0.497 e. The monoisotopic (exact) mass is 482 g/mol. The van der Waals surface area contributed by atoms with Gasteiger partial charge in [0, 0.05) is 6.07 Å². The van der Waals surface area contributed by atoms with E-state index < -0.39 is 38.0 Å². The van der Waals surface area contributed by atoms with Gasteiger partial charge in [0.2, 0.25) is 0 Å². The van der Waals surface area contributed by atoms with Crippen LogP contribution in [0.5, 0.6) is 5.75 Å². The number of rotatable bonds is 9. The first-order chi connectivity index (χ1) is 16.2. The lowest BCUT2D eigenvalue weighted by molar-refractivity contribution is -0.387. The van der Waals surface area contributed by atoms with Gasteiger partial charge in [-0.1, -0.05) is 30.3 Å². The zero-order chi connectivity index (χ0) is 24.7. The molecular weight excluding hydrogens is 460 g/mol. The fourth-order valence-electron chi connectivity index (χ4n) is 3.06. The zero-order valence-electron chi connectivity index (χ0n) is 18.4. The number of hydrogen-bond donors (Lipinski definition) is 1. The molecule has 0 fully saturated rings. The Morgan fingerprint density at radius 3 is 2.26 bits per heavy atom. The van der Waals surface area contributed by atoms with E-state index in [1.54, 1.807) is 56.5 Å². The Bertz CT molecular complexity index is 1310. The number of carbonyl (C=O) groups is 1. The number of hydrogen-bond acceptors (Lipinski definition) is 7. The first-order valence-corrected chi connectivity index (χ1v) is 11.5. The number of nitro groups is 1. The molecular formula is C23H22N4O6S. The van der Waals surface area contributed by atoms with E-state index in [4.69, 9.17) is 4.74 Å². The molecule has 3 aromatic rings. The fourth-order valence-corrected chi connectivity index (χ4v) is 4.64. The number of anilines is 1. The average molecular weight is 483 g/mol. The third kappa shape index (κ3) is 5.56. The number of para-hydroxylation sites is 2. The second-order valence-corrected chi connectivity index (χ2v) is 8.86. The summed E-state index contributed by atoms with van der Waals surface area (Å²) in [5.41, 5.74) is 3.16. The predicted octanol–water partition coefficient (Wildman–Crippen LogP) is 3.34. The number of nitrogens with one attached hydrogen (secondary N) is 1. The van der Waals surface area contributed by atoms with E-state index in [1.165, 1.54) is 24.3 Å². The number of nitrogens with zero attached hydrogens (tertiary/aromatic N) is 3. The van der Waals surface area contributed by atoms with E-state index in [9.17, 15) is 23.3 Å². The van der Waals surface area contributed by atoms with Crippen molar-refractivity contribution in [1.82, 2.24) is 5.43 Å². The highest BCUT2D eigenvalue weighted by atomic mass is 32.2. The number of amides is 1. The van der Waals surface area contributed by atoms with Gasteiger partial charge in [-0.2, -0.15) is 5.10 Å². The smallest absolute Gasteiger partial charge is 0.289 e. The van der Waals surface area contributed by atoms with Crippen molar-refractivity contribution in [3.05, 3.63) is 94.5 Å². The lowest BCUT2D eigenvalue weighted by atomic mass is 10.1. The van der Waals surface area contributed by atoms with Crippen molar-refractivity contribution in [1.29, 1.82) is 0 Å². The summed E-state index contributed by atoms with van der Waals surface area (Å²) in [6.07, 6.45) is 0. The van der Waals surface area contributed by atoms with Crippen molar-refractivity contribution < 1.29 is 22.9 Å². The van der Waals surface area contributed by atoms with Crippen LogP contribution in [-0.2, 0) is 14.8 Å². The molecule has 0 aliphatic rings. The van der Waals surface area contributed by atoms with E-state index >= 15 is 0 Å². The Hall–Kier alpha value is -4.25. The molecule has 0 atom stereocenters. The summed E-state index contributed by atoms with van der Waals surface area (Å²) in [6.45, 7) is 1.04. The number of methoxy groups -OCH3 is 1. The molecule has 34 heavy (non-hydrogen) atoms. The Balaban J connectivity index is 1.89. The number of sulfonamides is 1. The molecule has 3 aromatic carbocycles. The summed E-state index contributed by atoms with van der Waals surface area (Å²) in [7, 11) is -2.91. The van der Waals surface area contributed by atoms with Crippen molar-refractivity contribution in [2.45, 2.75) is 11.8 Å². The van der Waals surface area contributed by atoms with Gasteiger partial charge in [0.25, 0.3) is 21.6 Å². The van der Waals surface area contributed by atoms with Crippen molar-refractivity contribution in [2.24, 2.45) is 5.10 Å². The molecule has 0 bridgehead atoms. The lowest BCUT2D eigenvalue weighted by Crippen LogP contribution is -2.40. The number of carbonyl (C=O) groups excluding carboxylic acids is 1. The molecule has 0 unspecified atom stereocenters. The number of hydrazone groups is 1. The quantitative estimate of drug-likeness (QED) is 0.283. The number of nitro benzene ring substituents is 1. The van der Waals surface area contributed by atoms with Crippen LogP contribution in [0.2, 0.25) is 0 Å². The van der Waals surface area contributed by atoms with Crippen LogP contribution in [0.25, 0.3) is 0 Å². The van der Waals surface area contributed by atoms with Crippen molar-refractivity contribution >= 4 is 33.0 Å². The largest absolute Gasteiger partial charge is 0.497 e. The van der Waals surface area contributed by atoms with Gasteiger partial charge in [-0.3, -0.25) is 19.2 Å². The molecule has 10 nitrogen and oxygen atoms in total. The van der Waals surface area contributed by atoms with Crippen LogP contribution in [0.15, 0.2) is 88.9 Å². The summed E-state index contributed by atoms with van der Waals surface area (Å²) in [6, 6.07) is 19.9. The Labute approximate surface area is 196 Å². The van der Waals surface area contributed by atoms with Crippen LogP contribution in [0.4, 0.5) is 11.4 Å². The molecule has 1 amide bonds. The molecule has 176 valence electrons. The predicted molar refractivity (Wildman–Crippen MR) is 127 cm³/mol. The van der Waals surface area contributed by atoms with E-state index in [-0.39, 0.29) is 5.69 Å². The van der Waals surface area contributed by atoms with Crippen LogP contribution in [0, 0.1) is 10.1 Å². The highest BCUT2D eigenvalue weighted by molar-refractivity contribution is 7.93. The van der Waals surface area contributed by atoms with Gasteiger partial charge in [-0.15, -0.1) is 0 Å². The summed E-state index contributed by atoms with van der Waals surface area (Å²) in [4.78, 5) is 22.8. The third-order valence-corrected chi connectivity index (χ3v) is 6.64. The highest BCUT2D eigenvalue weighted by Gasteiger charge is 2.33. The fraction of sp³-hybridized carbons (Fsp3) is 0.130. The van der Waals surface area contributed by atoms with Crippen molar-refractivity contribution in [2.75, 3.05) is 18.0 Å². The second-order valence-electron chi connectivity index (χ2n) is 7.03. The number of ether oxygens (including phenoxy) is 1. The SMILES string of the molecule is COc1ccc(C(C)=NNC(=O)CN(c2ccccc2)S(=O)(=O)c2ccccc2[N+](=O)[O-])cc1.